The molecule has 0 bridgehead atoms. The standard InChI is InChI=1S/C27H38BF3N3O6P/c1-7-36-41(35,37-8-2)38-24(27(29,30)31)23-14-13-22(19-32-23)34-17-15-33(16-18-34)21-11-9-20(10-12-21)28-39-25(3,4)26(5,6)40-28/h9-14,19,24H,7-8,15-18H2,1-6H3. The van der Waals surface area contributed by atoms with Crippen molar-refractivity contribution in [2.45, 2.75) is 65.0 Å². The number of anilines is 2. The number of hydrogen-bond donors (Lipinski definition) is 0. The SMILES string of the molecule is CCOP(=O)(OCC)OC(c1ccc(N2CCN(c3ccc(B4OC(C)(C)C(C)(C)O4)cc3)CC2)cn1)C(F)(F)F. The molecule has 0 aliphatic carbocycles. The van der Waals surface area contributed by atoms with Gasteiger partial charge in [0, 0.05) is 31.9 Å². The molecule has 0 saturated carbocycles. The van der Waals surface area contributed by atoms with Crippen LogP contribution in [0.3, 0.4) is 0 Å². The molecule has 2 aliphatic heterocycles. The van der Waals surface area contributed by atoms with E-state index in [2.05, 4.69) is 14.8 Å². The van der Waals surface area contributed by atoms with Crippen molar-refractivity contribution in [2.24, 2.45) is 0 Å². The van der Waals surface area contributed by atoms with E-state index in [1.807, 2.05) is 52.0 Å². The van der Waals surface area contributed by atoms with Crippen molar-refractivity contribution in [1.82, 2.24) is 4.98 Å². The molecule has 1 atom stereocenters. The first-order chi connectivity index (χ1) is 19.2. The summed E-state index contributed by atoms with van der Waals surface area (Å²) in [6.45, 7) is 13.6. The summed E-state index contributed by atoms with van der Waals surface area (Å²) in [5.74, 6) is 0. The molecule has 4 rings (SSSR count). The van der Waals surface area contributed by atoms with Crippen molar-refractivity contribution in [3.63, 3.8) is 0 Å². The van der Waals surface area contributed by atoms with Crippen LogP contribution in [0, 0.1) is 0 Å². The summed E-state index contributed by atoms with van der Waals surface area (Å²) in [6, 6.07) is 10.9. The highest BCUT2D eigenvalue weighted by atomic mass is 31.2. The number of rotatable bonds is 10. The zero-order chi connectivity index (χ0) is 30.1. The second-order valence-electron chi connectivity index (χ2n) is 10.9. The number of piperazine rings is 1. The number of phosphoric acid groups is 1. The molecule has 3 heterocycles. The van der Waals surface area contributed by atoms with Gasteiger partial charge in [0.15, 0.2) is 0 Å². The number of nitrogens with zero attached hydrogens (tertiary/aromatic N) is 3. The Balaban J connectivity index is 1.38. The molecule has 0 radical (unpaired) electrons. The third kappa shape index (κ3) is 7.26. The molecule has 0 spiro atoms. The number of halogens is 3. The molecule has 0 amide bonds. The van der Waals surface area contributed by atoms with Crippen molar-refractivity contribution in [1.29, 1.82) is 0 Å². The average molecular weight is 599 g/mol. The molecule has 9 nitrogen and oxygen atoms in total. The van der Waals surface area contributed by atoms with Gasteiger partial charge in [-0.3, -0.25) is 18.6 Å². The molecule has 1 unspecified atom stereocenters. The molecule has 2 fully saturated rings. The summed E-state index contributed by atoms with van der Waals surface area (Å²) in [4.78, 5) is 8.32. The fourth-order valence-corrected chi connectivity index (χ4v) is 5.92. The van der Waals surface area contributed by atoms with Crippen molar-refractivity contribution >= 4 is 31.8 Å². The first-order valence-electron chi connectivity index (χ1n) is 13.7. The summed E-state index contributed by atoms with van der Waals surface area (Å²) in [5, 5.41) is 0. The maximum Gasteiger partial charge on any atom is 0.494 e. The number of pyridine rings is 1. The van der Waals surface area contributed by atoms with Crippen LogP contribution < -0.4 is 15.3 Å². The Labute approximate surface area is 240 Å². The Hall–Kier alpha value is -2.15. The smallest absolute Gasteiger partial charge is 0.399 e. The number of phosphoric ester groups is 1. The molecule has 41 heavy (non-hydrogen) atoms. The fourth-order valence-electron chi connectivity index (χ4n) is 4.61. The molecule has 0 N–H and O–H groups in total. The van der Waals surface area contributed by atoms with E-state index in [1.54, 1.807) is 6.07 Å². The maximum absolute atomic E-state index is 13.8. The lowest BCUT2D eigenvalue weighted by Gasteiger charge is -2.37. The van der Waals surface area contributed by atoms with Gasteiger partial charge in [-0.15, -0.1) is 0 Å². The van der Waals surface area contributed by atoms with Gasteiger partial charge in [-0.25, -0.2) is 4.57 Å². The van der Waals surface area contributed by atoms with Gasteiger partial charge in [0.25, 0.3) is 0 Å². The van der Waals surface area contributed by atoms with Crippen LogP contribution in [-0.2, 0) is 27.4 Å². The summed E-state index contributed by atoms with van der Waals surface area (Å²) in [5.41, 5.74) is 1.46. The monoisotopic (exact) mass is 599 g/mol. The Morgan fingerprint density at radius 3 is 1.83 bits per heavy atom. The lowest BCUT2D eigenvalue weighted by molar-refractivity contribution is -0.204. The molecule has 226 valence electrons. The van der Waals surface area contributed by atoms with E-state index in [4.69, 9.17) is 22.9 Å². The minimum Gasteiger partial charge on any atom is -0.399 e. The highest BCUT2D eigenvalue weighted by Gasteiger charge is 2.52. The van der Waals surface area contributed by atoms with E-state index in [1.165, 1.54) is 26.1 Å². The minimum atomic E-state index is -4.87. The lowest BCUT2D eigenvalue weighted by Crippen LogP contribution is -2.46. The van der Waals surface area contributed by atoms with Crippen molar-refractivity contribution in [2.75, 3.05) is 49.2 Å². The Bertz CT molecular complexity index is 1180. The predicted octanol–water partition coefficient (Wildman–Crippen LogP) is 5.51. The number of alkyl halides is 3. The number of aromatic nitrogens is 1. The molecular weight excluding hydrogens is 561 g/mol. The van der Waals surface area contributed by atoms with Gasteiger partial charge in [-0.2, -0.15) is 13.2 Å². The van der Waals surface area contributed by atoms with Gasteiger partial charge in [-0.1, -0.05) is 12.1 Å². The third-order valence-electron chi connectivity index (χ3n) is 7.57. The van der Waals surface area contributed by atoms with E-state index in [9.17, 15) is 17.7 Å². The second-order valence-corrected chi connectivity index (χ2v) is 12.5. The van der Waals surface area contributed by atoms with Gasteiger partial charge in [0.05, 0.1) is 42.0 Å². The van der Waals surface area contributed by atoms with Crippen LogP contribution in [0.1, 0.15) is 53.3 Å². The zero-order valence-electron chi connectivity index (χ0n) is 24.3. The minimum absolute atomic E-state index is 0.135. The first kappa shape index (κ1) is 31.8. The predicted molar refractivity (Wildman–Crippen MR) is 152 cm³/mol. The quantitative estimate of drug-likeness (QED) is 0.260. The maximum atomic E-state index is 13.8. The Morgan fingerprint density at radius 2 is 1.39 bits per heavy atom. The van der Waals surface area contributed by atoms with Gasteiger partial charge >= 0.3 is 21.1 Å². The van der Waals surface area contributed by atoms with E-state index >= 15 is 0 Å². The summed E-state index contributed by atoms with van der Waals surface area (Å²) >= 11 is 0. The van der Waals surface area contributed by atoms with Crippen LogP contribution in [0.15, 0.2) is 42.6 Å². The summed E-state index contributed by atoms with van der Waals surface area (Å²) in [7, 11) is -4.85. The highest BCUT2D eigenvalue weighted by Crippen LogP contribution is 2.55. The van der Waals surface area contributed by atoms with E-state index in [-0.39, 0.29) is 13.2 Å². The van der Waals surface area contributed by atoms with Crippen molar-refractivity contribution in [3.8, 4) is 0 Å². The number of hydrogen-bond acceptors (Lipinski definition) is 9. The van der Waals surface area contributed by atoms with Crippen LogP contribution in [0.4, 0.5) is 24.5 Å². The molecule has 2 aliphatic rings. The molecule has 14 heteroatoms. The second kappa shape index (κ2) is 12.2. The van der Waals surface area contributed by atoms with Gasteiger partial charge < -0.3 is 19.1 Å². The third-order valence-corrected chi connectivity index (χ3v) is 9.19. The van der Waals surface area contributed by atoms with Gasteiger partial charge in [0.2, 0.25) is 6.10 Å². The van der Waals surface area contributed by atoms with E-state index in [0.717, 1.165) is 24.2 Å². The van der Waals surface area contributed by atoms with Crippen LogP contribution in [0.2, 0.25) is 0 Å². The largest absolute Gasteiger partial charge is 0.494 e. The van der Waals surface area contributed by atoms with Crippen LogP contribution in [0.25, 0.3) is 0 Å². The van der Waals surface area contributed by atoms with E-state index in [0.29, 0.717) is 18.8 Å². The van der Waals surface area contributed by atoms with Crippen LogP contribution in [0.5, 0.6) is 0 Å². The average Bonchev–Trinajstić information content (AvgIpc) is 3.14. The molecule has 2 aromatic rings. The molecule has 1 aromatic heterocycles. The molecular formula is C27H38BF3N3O6P. The topological polar surface area (TPSA) is 82.6 Å². The summed E-state index contributed by atoms with van der Waals surface area (Å²) < 4.78 is 81.0. The van der Waals surface area contributed by atoms with Gasteiger partial charge in [-0.05, 0) is 71.3 Å². The van der Waals surface area contributed by atoms with Crippen molar-refractivity contribution < 1.29 is 40.6 Å². The first-order valence-corrected chi connectivity index (χ1v) is 15.2. The summed E-state index contributed by atoms with van der Waals surface area (Å²) in [6.07, 6.45) is -6.06. The highest BCUT2D eigenvalue weighted by molar-refractivity contribution is 7.48. The van der Waals surface area contributed by atoms with E-state index < -0.39 is 44.1 Å². The Kier molecular flexibility index (Phi) is 9.48. The van der Waals surface area contributed by atoms with Gasteiger partial charge in [0.1, 0.15) is 0 Å². The number of benzene rings is 1. The normalized spacial score (nSPS) is 20.0. The Morgan fingerprint density at radius 1 is 0.902 bits per heavy atom. The zero-order valence-corrected chi connectivity index (χ0v) is 25.2. The van der Waals surface area contributed by atoms with Crippen molar-refractivity contribution in [3.05, 3.63) is 48.3 Å². The lowest BCUT2D eigenvalue weighted by atomic mass is 9.79. The molecule has 1 aromatic carbocycles. The molecule has 2 saturated heterocycles. The fraction of sp³-hybridized carbons (Fsp3) is 0.593. The van der Waals surface area contributed by atoms with Crippen LogP contribution >= 0.6 is 7.82 Å². The van der Waals surface area contributed by atoms with Crippen LogP contribution in [-0.4, -0.2) is 68.9 Å².